The number of hydrogen-bond acceptors (Lipinski definition) is 4. The van der Waals surface area contributed by atoms with E-state index >= 15 is 0 Å². The molecule has 0 atom stereocenters. The molecule has 0 aliphatic carbocycles. The van der Waals surface area contributed by atoms with E-state index in [4.69, 9.17) is 23.2 Å². The van der Waals surface area contributed by atoms with Gasteiger partial charge in [-0.15, -0.1) is 4.68 Å². The van der Waals surface area contributed by atoms with Crippen LogP contribution in [0.15, 0.2) is 41.2 Å². The highest BCUT2D eigenvalue weighted by molar-refractivity contribution is 6.37. The van der Waals surface area contributed by atoms with Gasteiger partial charge in [-0.25, -0.2) is 9.59 Å². The SMILES string of the molecule is CCN(C(=O)n1nnn(-c2c(Cl)cccc2Cl)c1=O)c1ccc(C)cc1C. The summed E-state index contributed by atoms with van der Waals surface area (Å²) in [4.78, 5) is 27.2. The van der Waals surface area contributed by atoms with E-state index in [2.05, 4.69) is 10.4 Å². The summed E-state index contributed by atoms with van der Waals surface area (Å²) in [6, 6.07) is 9.90. The molecule has 27 heavy (non-hydrogen) atoms. The summed E-state index contributed by atoms with van der Waals surface area (Å²) in [5, 5.41) is 7.96. The van der Waals surface area contributed by atoms with Crippen molar-refractivity contribution in [2.24, 2.45) is 0 Å². The zero-order chi connectivity index (χ0) is 19.7. The molecule has 1 heterocycles. The molecule has 7 nitrogen and oxygen atoms in total. The third-order valence-electron chi connectivity index (χ3n) is 4.10. The number of rotatable bonds is 3. The summed E-state index contributed by atoms with van der Waals surface area (Å²) in [5.41, 5.74) is 2.12. The number of benzene rings is 2. The van der Waals surface area contributed by atoms with E-state index in [1.807, 2.05) is 39.0 Å². The fraction of sp³-hybridized carbons (Fsp3) is 0.222. The third-order valence-corrected chi connectivity index (χ3v) is 4.71. The highest BCUT2D eigenvalue weighted by Gasteiger charge is 2.24. The summed E-state index contributed by atoms with van der Waals surface area (Å²) >= 11 is 12.3. The fourth-order valence-corrected chi connectivity index (χ4v) is 3.39. The van der Waals surface area contributed by atoms with Gasteiger partial charge in [-0.2, -0.15) is 4.68 Å². The smallest absolute Gasteiger partial charge is 0.292 e. The number of tetrazole rings is 1. The van der Waals surface area contributed by atoms with Gasteiger partial charge in [0.2, 0.25) is 0 Å². The van der Waals surface area contributed by atoms with Gasteiger partial charge >= 0.3 is 11.7 Å². The Morgan fingerprint density at radius 1 is 1.11 bits per heavy atom. The minimum absolute atomic E-state index is 0.180. The Labute approximate surface area is 165 Å². The van der Waals surface area contributed by atoms with E-state index in [9.17, 15) is 9.59 Å². The van der Waals surface area contributed by atoms with Crippen LogP contribution in [0.25, 0.3) is 5.69 Å². The molecule has 0 saturated heterocycles. The molecular formula is C18H17Cl2N5O2. The summed E-state index contributed by atoms with van der Waals surface area (Å²) in [6.45, 7) is 6.05. The molecule has 0 bridgehead atoms. The Hall–Kier alpha value is -2.64. The molecule has 0 saturated carbocycles. The lowest BCUT2D eigenvalue weighted by molar-refractivity contribution is 0.244. The second kappa shape index (κ2) is 7.54. The lowest BCUT2D eigenvalue weighted by atomic mass is 10.1. The van der Waals surface area contributed by atoms with Gasteiger partial charge in [0.15, 0.2) is 0 Å². The first-order valence-electron chi connectivity index (χ1n) is 8.23. The van der Waals surface area contributed by atoms with Crippen LogP contribution in [0.5, 0.6) is 0 Å². The highest BCUT2D eigenvalue weighted by atomic mass is 35.5. The zero-order valence-corrected chi connectivity index (χ0v) is 16.5. The zero-order valence-electron chi connectivity index (χ0n) is 15.0. The summed E-state index contributed by atoms with van der Waals surface area (Å²) < 4.78 is 1.61. The topological polar surface area (TPSA) is 73.0 Å². The maximum Gasteiger partial charge on any atom is 0.377 e. The number of carbonyl (C=O) groups excluding carboxylic acids is 1. The normalized spacial score (nSPS) is 10.9. The first-order valence-corrected chi connectivity index (χ1v) is 8.99. The van der Waals surface area contributed by atoms with Crippen molar-refractivity contribution in [3.63, 3.8) is 0 Å². The van der Waals surface area contributed by atoms with Crippen LogP contribution in [0.1, 0.15) is 18.1 Å². The third kappa shape index (κ3) is 3.48. The number of halogens is 2. The van der Waals surface area contributed by atoms with Gasteiger partial charge < -0.3 is 0 Å². The van der Waals surface area contributed by atoms with Crippen molar-refractivity contribution >= 4 is 34.9 Å². The van der Waals surface area contributed by atoms with Crippen molar-refractivity contribution < 1.29 is 4.79 Å². The van der Waals surface area contributed by atoms with Gasteiger partial charge in [0.05, 0.1) is 10.0 Å². The van der Waals surface area contributed by atoms with Crippen LogP contribution in [0.3, 0.4) is 0 Å². The molecule has 1 amide bonds. The Balaban J connectivity index is 2.05. The maximum absolute atomic E-state index is 13.0. The molecule has 0 unspecified atom stereocenters. The molecule has 0 radical (unpaired) electrons. The van der Waals surface area contributed by atoms with Crippen LogP contribution >= 0.6 is 23.2 Å². The van der Waals surface area contributed by atoms with E-state index in [1.165, 1.54) is 4.90 Å². The van der Waals surface area contributed by atoms with Gasteiger partial charge in [-0.1, -0.05) is 47.0 Å². The number of nitrogens with zero attached hydrogens (tertiary/aromatic N) is 5. The van der Waals surface area contributed by atoms with Gasteiger partial charge in [-0.05, 0) is 55.0 Å². The second-order valence-electron chi connectivity index (χ2n) is 5.97. The maximum atomic E-state index is 13.0. The van der Waals surface area contributed by atoms with Crippen molar-refractivity contribution in [2.45, 2.75) is 20.8 Å². The summed E-state index contributed by atoms with van der Waals surface area (Å²) in [6.07, 6.45) is 0. The molecule has 0 spiro atoms. The Bertz CT molecular complexity index is 1050. The van der Waals surface area contributed by atoms with Crippen molar-refractivity contribution in [1.29, 1.82) is 0 Å². The Kier molecular flexibility index (Phi) is 5.34. The van der Waals surface area contributed by atoms with Gasteiger partial charge in [0.1, 0.15) is 5.69 Å². The Morgan fingerprint density at radius 3 is 2.37 bits per heavy atom. The number of carbonyl (C=O) groups is 1. The van der Waals surface area contributed by atoms with Gasteiger partial charge in [0, 0.05) is 12.2 Å². The molecule has 0 aliphatic heterocycles. The van der Waals surface area contributed by atoms with E-state index in [0.29, 0.717) is 16.9 Å². The standard InChI is InChI=1S/C18H17Cl2N5O2/c1-4-23(15-9-8-11(2)10-12(15)3)17(26)25-18(27)24(21-22-25)16-13(19)6-5-7-14(16)20/h5-10H,4H2,1-3H3. The van der Waals surface area contributed by atoms with Crippen LogP contribution in [0.4, 0.5) is 10.5 Å². The number of anilines is 1. The molecule has 0 aliphatic rings. The number of para-hydroxylation sites is 1. The van der Waals surface area contributed by atoms with Gasteiger partial charge in [-0.3, -0.25) is 4.90 Å². The van der Waals surface area contributed by atoms with E-state index in [1.54, 1.807) is 18.2 Å². The first-order chi connectivity index (χ1) is 12.8. The van der Waals surface area contributed by atoms with Crippen LogP contribution in [-0.2, 0) is 0 Å². The number of aromatic nitrogens is 4. The molecule has 140 valence electrons. The minimum Gasteiger partial charge on any atom is -0.292 e. The molecule has 9 heteroatoms. The fourth-order valence-electron chi connectivity index (χ4n) is 2.83. The number of amides is 1. The van der Waals surface area contributed by atoms with E-state index in [-0.39, 0.29) is 15.7 Å². The lowest BCUT2D eigenvalue weighted by Gasteiger charge is -2.22. The number of aryl methyl sites for hydroxylation is 2. The summed E-state index contributed by atoms with van der Waals surface area (Å²) in [5.74, 6) is 0. The first kappa shape index (κ1) is 19.1. The predicted octanol–water partition coefficient (Wildman–Crippen LogP) is 3.85. The van der Waals surface area contributed by atoms with Crippen LogP contribution < -0.4 is 10.6 Å². The highest BCUT2D eigenvalue weighted by Crippen LogP contribution is 2.26. The van der Waals surface area contributed by atoms with Crippen LogP contribution in [0.2, 0.25) is 10.0 Å². The summed E-state index contributed by atoms with van der Waals surface area (Å²) in [7, 11) is 0. The monoisotopic (exact) mass is 405 g/mol. The van der Waals surface area contributed by atoms with E-state index < -0.39 is 11.7 Å². The largest absolute Gasteiger partial charge is 0.377 e. The average Bonchev–Trinajstić information content (AvgIpc) is 2.98. The van der Waals surface area contributed by atoms with Crippen molar-refractivity contribution in [2.75, 3.05) is 11.4 Å². The minimum atomic E-state index is -0.752. The average molecular weight is 406 g/mol. The Morgan fingerprint density at radius 2 is 1.78 bits per heavy atom. The van der Waals surface area contributed by atoms with Crippen LogP contribution in [-0.4, -0.2) is 32.4 Å². The van der Waals surface area contributed by atoms with E-state index in [0.717, 1.165) is 15.8 Å². The molecular weight excluding hydrogens is 389 g/mol. The molecule has 3 rings (SSSR count). The number of hydrogen-bond donors (Lipinski definition) is 0. The van der Waals surface area contributed by atoms with Crippen molar-refractivity contribution in [3.8, 4) is 5.69 Å². The molecule has 0 fully saturated rings. The van der Waals surface area contributed by atoms with Crippen molar-refractivity contribution in [1.82, 2.24) is 19.8 Å². The quantitative estimate of drug-likeness (QED) is 0.620. The predicted molar refractivity (Wildman–Crippen MR) is 105 cm³/mol. The van der Waals surface area contributed by atoms with Crippen molar-refractivity contribution in [3.05, 3.63) is 68.1 Å². The molecule has 0 N–H and O–H groups in total. The molecule has 2 aromatic carbocycles. The lowest BCUT2D eigenvalue weighted by Crippen LogP contribution is -2.41. The second-order valence-corrected chi connectivity index (χ2v) is 6.79. The molecule has 1 aromatic heterocycles. The van der Waals surface area contributed by atoms with Gasteiger partial charge in [0.25, 0.3) is 0 Å². The van der Waals surface area contributed by atoms with Crippen LogP contribution in [0, 0.1) is 13.8 Å². The molecule has 3 aromatic rings.